The van der Waals surface area contributed by atoms with Crippen molar-refractivity contribution in [1.82, 2.24) is 10.2 Å². The van der Waals surface area contributed by atoms with Crippen LogP contribution in [0.2, 0.25) is 5.02 Å². The summed E-state index contributed by atoms with van der Waals surface area (Å²) in [6.45, 7) is 3.92. The average Bonchev–Trinajstić information content (AvgIpc) is 2.84. The number of aliphatic carboxylic acids is 1. The lowest BCUT2D eigenvalue weighted by Crippen LogP contribution is -2.56. The fraction of sp³-hybridized carbons (Fsp3) is 0.333. The first-order valence-corrected chi connectivity index (χ1v) is 9.81. The molecule has 2 aliphatic rings. The Morgan fingerprint density at radius 3 is 2.96 bits per heavy atom. The summed E-state index contributed by atoms with van der Waals surface area (Å²) >= 11 is 6.14. The van der Waals surface area contributed by atoms with E-state index in [1.54, 1.807) is 12.1 Å². The van der Waals surface area contributed by atoms with Gasteiger partial charge in [-0.3, -0.25) is 4.79 Å². The molecule has 7 heteroatoms. The van der Waals surface area contributed by atoms with Crippen molar-refractivity contribution in [2.45, 2.75) is 19.4 Å². The number of rotatable bonds is 3. The molecule has 2 unspecified atom stereocenters. The van der Waals surface area contributed by atoms with Crippen LogP contribution in [-0.4, -0.2) is 47.5 Å². The molecule has 2 heterocycles. The minimum absolute atomic E-state index is 0.139. The van der Waals surface area contributed by atoms with E-state index in [1.807, 2.05) is 37.3 Å². The van der Waals surface area contributed by atoms with E-state index in [2.05, 4.69) is 10.2 Å². The van der Waals surface area contributed by atoms with E-state index in [4.69, 9.17) is 21.3 Å². The lowest BCUT2D eigenvalue weighted by Gasteiger charge is -2.38. The van der Waals surface area contributed by atoms with Gasteiger partial charge in [-0.05, 0) is 30.7 Å². The SMILES string of the molecule is CCC(C(=O)O)C1CN(C2=Nc3ccc(Cl)cc3Oc3ccccc32)CCN1. The summed E-state index contributed by atoms with van der Waals surface area (Å²) in [6, 6.07) is 13.0. The van der Waals surface area contributed by atoms with Crippen LogP contribution in [-0.2, 0) is 4.79 Å². The molecule has 1 fully saturated rings. The second-order valence-corrected chi connectivity index (χ2v) is 7.44. The number of fused-ring (bicyclic) bond motifs is 2. The van der Waals surface area contributed by atoms with Crippen LogP contribution in [0.15, 0.2) is 47.5 Å². The van der Waals surface area contributed by atoms with Crippen LogP contribution in [0.1, 0.15) is 18.9 Å². The van der Waals surface area contributed by atoms with Gasteiger partial charge in [-0.15, -0.1) is 0 Å². The number of halogens is 1. The topological polar surface area (TPSA) is 74.2 Å². The maximum Gasteiger partial charge on any atom is 0.308 e. The Morgan fingerprint density at radius 1 is 1.36 bits per heavy atom. The third-order valence-corrected chi connectivity index (χ3v) is 5.48. The lowest BCUT2D eigenvalue weighted by atomic mass is 9.94. The molecular formula is C21H22ClN3O3. The fourth-order valence-corrected chi connectivity index (χ4v) is 3.97. The number of hydrogen-bond acceptors (Lipinski definition) is 5. The molecule has 0 bridgehead atoms. The van der Waals surface area contributed by atoms with Crippen molar-refractivity contribution in [3.05, 3.63) is 53.1 Å². The van der Waals surface area contributed by atoms with Crippen LogP contribution in [0, 0.1) is 5.92 Å². The highest BCUT2D eigenvalue weighted by atomic mass is 35.5. The monoisotopic (exact) mass is 399 g/mol. The predicted octanol–water partition coefficient (Wildman–Crippen LogP) is 3.91. The van der Waals surface area contributed by atoms with Crippen molar-refractivity contribution < 1.29 is 14.6 Å². The summed E-state index contributed by atoms with van der Waals surface area (Å²) in [4.78, 5) is 18.7. The first kappa shape index (κ1) is 18.8. The molecule has 0 aliphatic carbocycles. The zero-order valence-corrected chi connectivity index (χ0v) is 16.3. The van der Waals surface area contributed by atoms with Crippen LogP contribution in [0.5, 0.6) is 11.5 Å². The van der Waals surface area contributed by atoms with Gasteiger partial charge in [0.1, 0.15) is 17.3 Å². The van der Waals surface area contributed by atoms with Gasteiger partial charge in [0.15, 0.2) is 5.75 Å². The predicted molar refractivity (Wildman–Crippen MR) is 109 cm³/mol. The molecule has 0 aromatic heterocycles. The smallest absolute Gasteiger partial charge is 0.308 e. The standard InChI is InChI=1S/C21H22ClN3O3/c1-2-14(21(26)27)17-12-25(10-9-23-17)20-15-5-3-4-6-18(15)28-19-11-13(22)7-8-16(19)24-20/h3-8,11,14,17,23H,2,9-10,12H2,1H3,(H,26,27). The maximum absolute atomic E-state index is 11.6. The summed E-state index contributed by atoms with van der Waals surface area (Å²) in [5.74, 6) is 0.907. The Kier molecular flexibility index (Phi) is 5.24. The van der Waals surface area contributed by atoms with Gasteiger partial charge in [0.2, 0.25) is 0 Å². The molecule has 146 valence electrons. The molecule has 2 aliphatic heterocycles. The number of carboxylic acid groups (broad SMARTS) is 1. The molecule has 0 spiro atoms. The van der Waals surface area contributed by atoms with Crippen LogP contribution >= 0.6 is 11.6 Å². The first-order chi connectivity index (χ1) is 13.6. The molecule has 0 amide bonds. The minimum atomic E-state index is -0.770. The number of amidine groups is 1. The molecule has 1 saturated heterocycles. The van der Waals surface area contributed by atoms with E-state index < -0.39 is 11.9 Å². The number of ether oxygens (including phenoxy) is 1. The Balaban J connectivity index is 1.74. The Hall–Kier alpha value is -2.57. The Labute approximate surface area is 168 Å². The van der Waals surface area contributed by atoms with Crippen molar-refractivity contribution in [3.8, 4) is 11.5 Å². The van der Waals surface area contributed by atoms with Gasteiger partial charge in [-0.2, -0.15) is 0 Å². The van der Waals surface area contributed by atoms with E-state index in [0.29, 0.717) is 41.7 Å². The molecule has 0 saturated carbocycles. The molecule has 2 atom stereocenters. The number of piperazine rings is 1. The average molecular weight is 400 g/mol. The fourth-order valence-electron chi connectivity index (χ4n) is 3.81. The van der Waals surface area contributed by atoms with Gasteiger partial charge in [-0.1, -0.05) is 30.7 Å². The summed E-state index contributed by atoms with van der Waals surface area (Å²) in [5.41, 5.74) is 1.59. The van der Waals surface area contributed by atoms with Gasteiger partial charge in [0, 0.05) is 36.8 Å². The maximum atomic E-state index is 11.6. The van der Waals surface area contributed by atoms with Crippen LogP contribution in [0.4, 0.5) is 5.69 Å². The van der Waals surface area contributed by atoms with Crippen LogP contribution in [0.25, 0.3) is 0 Å². The van der Waals surface area contributed by atoms with Crippen molar-refractivity contribution in [1.29, 1.82) is 0 Å². The van der Waals surface area contributed by atoms with Crippen LogP contribution in [0.3, 0.4) is 0 Å². The summed E-state index contributed by atoms with van der Waals surface area (Å²) in [7, 11) is 0. The summed E-state index contributed by atoms with van der Waals surface area (Å²) in [5, 5.41) is 13.5. The second-order valence-electron chi connectivity index (χ2n) is 7.01. The number of carbonyl (C=O) groups is 1. The number of benzene rings is 2. The Morgan fingerprint density at radius 2 is 2.18 bits per heavy atom. The van der Waals surface area contributed by atoms with Crippen molar-refractivity contribution in [2.75, 3.05) is 19.6 Å². The normalized spacial score (nSPS) is 19.6. The third kappa shape index (κ3) is 3.57. The Bertz CT molecular complexity index is 931. The quantitative estimate of drug-likeness (QED) is 0.818. The summed E-state index contributed by atoms with van der Waals surface area (Å²) in [6.07, 6.45) is 0.578. The minimum Gasteiger partial charge on any atom is -0.481 e. The van der Waals surface area contributed by atoms with Crippen molar-refractivity contribution >= 4 is 29.1 Å². The number of aliphatic imine (C=N–C) groups is 1. The van der Waals surface area contributed by atoms with Gasteiger partial charge in [0.25, 0.3) is 0 Å². The van der Waals surface area contributed by atoms with Gasteiger partial charge in [0.05, 0.1) is 11.5 Å². The highest BCUT2D eigenvalue weighted by Crippen LogP contribution is 2.39. The van der Waals surface area contributed by atoms with Crippen molar-refractivity contribution in [3.63, 3.8) is 0 Å². The number of carboxylic acids is 1. The third-order valence-electron chi connectivity index (χ3n) is 5.24. The number of para-hydroxylation sites is 1. The molecule has 6 nitrogen and oxygen atoms in total. The van der Waals surface area contributed by atoms with E-state index in [1.165, 1.54) is 0 Å². The largest absolute Gasteiger partial charge is 0.481 e. The highest BCUT2D eigenvalue weighted by molar-refractivity contribution is 6.30. The van der Waals surface area contributed by atoms with E-state index in [9.17, 15) is 9.90 Å². The van der Waals surface area contributed by atoms with Crippen molar-refractivity contribution in [2.24, 2.45) is 10.9 Å². The zero-order chi connectivity index (χ0) is 19.7. The molecule has 2 aromatic rings. The second kappa shape index (κ2) is 7.81. The zero-order valence-electron chi connectivity index (χ0n) is 15.6. The molecular weight excluding hydrogens is 378 g/mol. The molecule has 28 heavy (non-hydrogen) atoms. The van der Waals surface area contributed by atoms with Gasteiger partial charge >= 0.3 is 5.97 Å². The van der Waals surface area contributed by atoms with E-state index in [-0.39, 0.29) is 6.04 Å². The van der Waals surface area contributed by atoms with Gasteiger partial charge in [-0.25, -0.2) is 4.99 Å². The highest BCUT2D eigenvalue weighted by Gasteiger charge is 2.33. The number of nitrogens with one attached hydrogen (secondary N) is 1. The summed E-state index contributed by atoms with van der Waals surface area (Å²) < 4.78 is 6.10. The van der Waals surface area contributed by atoms with Gasteiger partial charge < -0.3 is 20.1 Å². The molecule has 2 N–H and O–H groups in total. The first-order valence-electron chi connectivity index (χ1n) is 9.43. The lowest BCUT2D eigenvalue weighted by molar-refractivity contribution is -0.143. The number of hydrogen-bond donors (Lipinski definition) is 2. The molecule has 4 rings (SSSR count). The number of nitrogens with zero attached hydrogens (tertiary/aromatic N) is 2. The van der Waals surface area contributed by atoms with E-state index in [0.717, 1.165) is 17.9 Å². The van der Waals surface area contributed by atoms with Crippen LogP contribution < -0.4 is 10.1 Å². The molecule has 2 aromatic carbocycles. The molecule has 0 radical (unpaired) electrons. The van der Waals surface area contributed by atoms with E-state index >= 15 is 0 Å².